The Hall–Kier alpha value is -3.39. The number of nitrogens with zero attached hydrogens (tertiary/aromatic N) is 5. The van der Waals surface area contributed by atoms with Gasteiger partial charge in [0.2, 0.25) is 5.82 Å². The second-order valence-electron chi connectivity index (χ2n) is 7.15. The summed E-state index contributed by atoms with van der Waals surface area (Å²) in [5, 5.41) is 6.47. The topological polar surface area (TPSA) is 63.9 Å². The fourth-order valence-corrected chi connectivity index (χ4v) is 4.00. The van der Waals surface area contributed by atoms with Crippen molar-refractivity contribution >= 4 is 17.2 Å². The lowest BCUT2D eigenvalue weighted by Crippen LogP contribution is -2.33. The van der Waals surface area contributed by atoms with Crippen LogP contribution in [0.25, 0.3) is 16.4 Å². The van der Waals surface area contributed by atoms with Gasteiger partial charge in [-0.3, -0.25) is 9.78 Å². The largest absolute Gasteiger partial charge is 0.328 e. The highest BCUT2D eigenvalue weighted by Gasteiger charge is 2.35. The predicted molar refractivity (Wildman–Crippen MR) is 112 cm³/mol. The molecule has 150 valence electrons. The van der Waals surface area contributed by atoms with Gasteiger partial charge in [0.25, 0.3) is 5.91 Å². The predicted octanol–water partition coefficient (Wildman–Crippen LogP) is 4.33. The maximum atomic E-state index is 13.4. The fourth-order valence-electron chi connectivity index (χ4n) is 3.30. The molecular weight excluding hydrogens is 401 g/mol. The molecule has 5 rings (SSSR count). The van der Waals surface area contributed by atoms with Crippen molar-refractivity contribution in [3.05, 3.63) is 83.5 Å². The van der Waals surface area contributed by atoms with Crippen LogP contribution in [-0.2, 0) is 6.54 Å². The first-order chi connectivity index (χ1) is 14.7. The van der Waals surface area contributed by atoms with E-state index in [9.17, 15) is 9.18 Å². The number of amides is 1. The number of hydrogen-bond acceptors (Lipinski definition) is 5. The molecule has 6 nitrogen and oxygen atoms in total. The van der Waals surface area contributed by atoms with Crippen molar-refractivity contribution in [2.75, 3.05) is 0 Å². The van der Waals surface area contributed by atoms with Gasteiger partial charge >= 0.3 is 0 Å². The van der Waals surface area contributed by atoms with Crippen LogP contribution in [-0.4, -0.2) is 36.6 Å². The van der Waals surface area contributed by atoms with Crippen LogP contribution in [0.3, 0.4) is 0 Å². The van der Waals surface area contributed by atoms with E-state index >= 15 is 0 Å². The SMILES string of the molecule is O=C(c1nc(-c2cccs2)n(-c2ccc(F)cc2)n1)N(Cc1cccnc1)C1CC1. The van der Waals surface area contributed by atoms with Crippen molar-refractivity contribution in [2.45, 2.75) is 25.4 Å². The van der Waals surface area contributed by atoms with E-state index < -0.39 is 0 Å². The fraction of sp³-hybridized carbons (Fsp3) is 0.182. The number of halogens is 1. The van der Waals surface area contributed by atoms with Crippen LogP contribution in [0, 0.1) is 5.82 Å². The van der Waals surface area contributed by atoms with Crippen molar-refractivity contribution in [1.82, 2.24) is 24.6 Å². The van der Waals surface area contributed by atoms with Gasteiger partial charge in [-0.15, -0.1) is 16.4 Å². The van der Waals surface area contributed by atoms with Gasteiger partial charge in [-0.1, -0.05) is 12.1 Å². The lowest BCUT2D eigenvalue weighted by molar-refractivity contribution is 0.0717. The van der Waals surface area contributed by atoms with Gasteiger partial charge in [-0.05, 0) is 60.2 Å². The highest BCUT2D eigenvalue weighted by molar-refractivity contribution is 7.13. The summed E-state index contributed by atoms with van der Waals surface area (Å²) in [6.45, 7) is 0.469. The monoisotopic (exact) mass is 419 g/mol. The number of thiophene rings is 1. The molecule has 0 aliphatic heterocycles. The molecule has 0 unspecified atom stereocenters. The molecule has 1 fully saturated rings. The quantitative estimate of drug-likeness (QED) is 0.467. The van der Waals surface area contributed by atoms with Gasteiger partial charge < -0.3 is 4.90 Å². The van der Waals surface area contributed by atoms with Crippen LogP contribution in [0.15, 0.2) is 66.3 Å². The average Bonchev–Trinajstić information content (AvgIpc) is 3.28. The summed E-state index contributed by atoms with van der Waals surface area (Å²) in [5.74, 6) is 0.167. The third kappa shape index (κ3) is 3.73. The van der Waals surface area contributed by atoms with Crippen LogP contribution in [0.4, 0.5) is 4.39 Å². The standard InChI is InChI=1S/C22H18FN5OS/c23-16-5-7-18(8-6-16)28-21(19-4-2-12-30-19)25-20(26-28)22(29)27(17-9-10-17)14-15-3-1-11-24-13-15/h1-8,11-13,17H,9-10,14H2. The molecule has 1 amide bonds. The lowest BCUT2D eigenvalue weighted by Gasteiger charge is -2.20. The van der Waals surface area contributed by atoms with E-state index in [1.165, 1.54) is 23.5 Å². The first-order valence-corrected chi connectivity index (χ1v) is 10.5. The lowest BCUT2D eigenvalue weighted by atomic mass is 10.2. The third-order valence-corrected chi connectivity index (χ3v) is 5.80. The number of carbonyl (C=O) groups excluding carboxylic acids is 1. The molecule has 30 heavy (non-hydrogen) atoms. The maximum Gasteiger partial charge on any atom is 0.294 e. The Balaban J connectivity index is 1.52. The van der Waals surface area contributed by atoms with E-state index in [0.29, 0.717) is 18.1 Å². The maximum absolute atomic E-state index is 13.4. The van der Waals surface area contributed by atoms with E-state index in [1.54, 1.807) is 29.2 Å². The summed E-state index contributed by atoms with van der Waals surface area (Å²) >= 11 is 1.51. The first kappa shape index (κ1) is 18.6. The second kappa shape index (κ2) is 7.79. The van der Waals surface area contributed by atoms with Crippen LogP contribution < -0.4 is 0 Å². The minimum absolute atomic E-state index is 0.138. The summed E-state index contributed by atoms with van der Waals surface area (Å²) in [6.07, 6.45) is 5.43. The van der Waals surface area contributed by atoms with E-state index in [1.807, 2.05) is 34.5 Å². The number of benzene rings is 1. The Kier molecular flexibility index (Phi) is 4.84. The van der Waals surface area contributed by atoms with Crippen LogP contribution in [0.2, 0.25) is 0 Å². The highest BCUT2D eigenvalue weighted by Crippen LogP contribution is 2.31. The molecule has 0 saturated heterocycles. The van der Waals surface area contributed by atoms with Crippen molar-refractivity contribution in [2.24, 2.45) is 0 Å². The molecule has 0 spiro atoms. The summed E-state index contributed by atoms with van der Waals surface area (Å²) < 4.78 is 15.0. The Morgan fingerprint density at radius 1 is 1.17 bits per heavy atom. The second-order valence-corrected chi connectivity index (χ2v) is 8.10. The molecule has 0 bridgehead atoms. The van der Waals surface area contributed by atoms with E-state index in [4.69, 9.17) is 0 Å². The zero-order chi connectivity index (χ0) is 20.5. The van der Waals surface area contributed by atoms with Gasteiger partial charge in [-0.25, -0.2) is 14.1 Å². The summed E-state index contributed by atoms with van der Waals surface area (Å²) in [5.41, 5.74) is 1.62. The van der Waals surface area contributed by atoms with Crippen LogP contribution in [0.5, 0.6) is 0 Å². The van der Waals surface area contributed by atoms with Gasteiger partial charge in [-0.2, -0.15) is 0 Å². The Bertz CT molecular complexity index is 1150. The number of aromatic nitrogens is 4. The van der Waals surface area contributed by atoms with E-state index in [0.717, 1.165) is 23.3 Å². The normalized spacial score (nSPS) is 13.4. The van der Waals surface area contributed by atoms with Crippen molar-refractivity contribution < 1.29 is 9.18 Å². The van der Waals surface area contributed by atoms with Crippen LogP contribution >= 0.6 is 11.3 Å². The molecule has 0 atom stereocenters. The number of pyridine rings is 1. The minimum Gasteiger partial charge on any atom is -0.328 e. The third-order valence-electron chi connectivity index (χ3n) is 4.94. The molecule has 1 saturated carbocycles. The van der Waals surface area contributed by atoms with Crippen molar-refractivity contribution in [3.8, 4) is 16.4 Å². The summed E-state index contributed by atoms with van der Waals surface area (Å²) in [6, 6.07) is 13.9. The van der Waals surface area contributed by atoms with Gasteiger partial charge in [0.05, 0.1) is 10.6 Å². The molecule has 3 aromatic heterocycles. The van der Waals surface area contributed by atoms with Gasteiger partial charge in [0.1, 0.15) is 5.82 Å². The molecule has 0 N–H and O–H groups in total. The molecule has 1 aliphatic rings. The molecule has 8 heteroatoms. The zero-order valence-corrected chi connectivity index (χ0v) is 16.8. The Morgan fingerprint density at radius 3 is 2.67 bits per heavy atom. The molecule has 0 radical (unpaired) electrons. The zero-order valence-electron chi connectivity index (χ0n) is 16.0. The van der Waals surface area contributed by atoms with E-state index in [2.05, 4.69) is 15.1 Å². The van der Waals surface area contributed by atoms with E-state index in [-0.39, 0.29) is 23.6 Å². The Labute approximate surface area is 176 Å². The first-order valence-electron chi connectivity index (χ1n) is 9.66. The highest BCUT2D eigenvalue weighted by atomic mass is 32.1. The average molecular weight is 419 g/mol. The van der Waals surface area contributed by atoms with Gasteiger partial charge in [0.15, 0.2) is 5.82 Å². The van der Waals surface area contributed by atoms with Gasteiger partial charge in [0, 0.05) is 25.0 Å². The Morgan fingerprint density at radius 2 is 2.00 bits per heavy atom. The van der Waals surface area contributed by atoms with Crippen molar-refractivity contribution in [1.29, 1.82) is 0 Å². The smallest absolute Gasteiger partial charge is 0.294 e. The summed E-state index contributed by atoms with van der Waals surface area (Å²) in [7, 11) is 0. The molecule has 1 aromatic carbocycles. The number of hydrogen-bond donors (Lipinski definition) is 0. The number of carbonyl (C=O) groups is 1. The molecule has 3 heterocycles. The summed E-state index contributed by atoms with van der Waals surface area (Å²) in [4.78, 5) is 24.8. The van der Waals surface area contributed by atoms with Crippen LogP contribution in [0.1, 0.15) is 29.0 Å². The number of rotatable bonds is 6. The molecule has 4 aromatic rings. The minimum atomic E-state index is -0.329. The van der Waals surface area contributed by atoms with Crippen molar-refractivity contribution in [3.63, 3.8) is 0 Å². The molecule has 1 aliphatic carbocycles. The molecular formula is C22H18FN5OS.